The summed E-state index contributed by atoms with van der Waals surface area (Å²) < 4.78 is 0. The monoisotopic (exact) mass is 318 g/mol. The number of nitrogens with zero attached hydrogens (tertiary/aromatic N) is 1. The zero-order valence-electron chi connectivity index (χ0n) is 13.0. The Morgan fingerprint density at radius 3 is 2.61 bits per heavy atom. The lowest BCUT2D eigenvalue weighted by atomic mass is 9.91. The summed E-state index contributed by atoms with van der Waals surface area (Å²) in [6, 6.07) is 21.2. The number of hydrogen-bond donors (Lipinski definition) is 1. The molecule has 1 unspecified atom stereocenters. The summed E-state index contributed by atoms with van der Waals surface area (Å²) in [5, 5.41) is 3.65. The lowest BCUT2D eigenvalue weighted by Crippen LogP contribution is -2.08. The molecule has 0 saturated heterocycles. The van der Waals surface area contributed by atoms with Gasteiger partial charge in [-0.2, -0.15) is 0 Å². The predicted molar refractivity (Wildman–Crippen MR) is 96.7 cm³/mol. The first-order valence-electron chi connectivity index (χ1n) is 7.94. The molecule has 0 fully saturated rings. The van der Waals surface area contributed by atoms with Gasteiger partial charge in [0.05, 0.1) is 11.4 Å². The molecule has 3 aromatic rings. The first-order chi connectivity index (χ1) is 11.4. The van der Waals surface area contributed by atoms with Crippen LogP contribution in [0.2, 0.25) is 0 Å². The van der Waals surface area contributed by atoms with Gasteiger partial charge in [0.25, 0.3) is 0 Å². The van der Waals surface area contributed by atoms with Crippen molar-refractivity contribution < 1.29 is 0 Å². The third-order valence-electron chi connectivity index (χ3n) is 4.25. The van der Waals surface area contributed by atoms with E-state index in [-0.39, 0.29) is 0 Å². The van der Waals surface area contributed by atoms with Crippen molar-refractivity contribution in [3.8, 4) is 0 Å². The van der Waals surface area contributed by atoms with Crippen molar-refractivity contribution in [2.45, 2.75) is 29.1 Å². The SMILES string of the molecule is CCC(c1ccccn1)c1cccc2c1Nc1ccccc1S2. The van der Waals surface area contributed by atoms with Gasteiger partial charge in [-0.05, 0) is 42.3 Å². The Bertz CT molecular complexity index is 830. The van der Waals surface area contributed by atoms with E-state index in [0.717, 1.165) is 12.1 Å². The lowest BCUT2D eigenvalue weighted by Gasteiger charge is -2.26. The Balaban J connectivity index is 1.80. The zero-order chi connectivity index (χ0) is 15.6. The molecule has 1 aliphatic heterocycles. The molecule has 114 valence electrons. The smallest absolute Gasteiger partial charge is 0.0565 e. The van der Waals surface area contributed by atoms with Crippen molar-refractivity contribution >= 4 is 23.1 Å². The second-order valence-electron chi connectivity index (χ2n) is 5.66. The third kappa shape index (κ3) is 2.62. The zero-order valence-corrected chi connectivity index (χ0v) is 13.8. The molecule has 0 spiro atoms. The highest BCUT2D eigenvalue weighted by molar-refractivity contribution is 7.99. The molecule has 4 rings (SSSR count). The number of anilines is 2. The number of pyridine rings is 1. The number of aromatic nitrogens is 1. The summed E-state index contributed by atoms with van der Waals surface area (Å²) >= 11 is 1.84. The molecule has 0 radical (unpaired) electrons. The topological polar surface area (TPSA) is 24.9 Å². The molecule has 0 saturated carbocycles. The standard InChI is InChI=1S/C20H18N2S/c1-2-14(16-9-5-6-13-21-16)15-8-7-12-19-20(15)22-17-10-3-4-11-18(17)23-19/h3-14,22H,2H2,1H3. The normalized spacial score (nSPS) is 13.6. The van der Waals surface area contributed by atoms with E-state index in [1.807, 2.05) is 24.0 Å². The third-order valence-corrected chi connectivity index (χ3v) is 5.39. The number of nitrogens with one attached hydrogen (secondary N) is 1. The minimum Gasteiger partial charge on any atom is -0.353 e. The second kappa shape index (κ2) is 6.09. The van der Waals surface area contributed by atoms with Crippen LogP contribution in [0.1, 0.15) is 30.5 Å². The summed E-state index contributed by atoms with van der Waals surface area (Å²) in [6.07, 6.45) is 2.91. The Morgan fingerprint density at radius 2 is 1.78 bits per heavy atom. The van der Waals surface area contributed by atoms with Gasteiger partial charge in [0.1, 0.15) is 0 Å². The van der Waals surface area contributed by atoms with Crippen LogP contribution >= 0.6 is 11.8 Å². The summed E-state index contributed by atoms with van der Waals surface area (Å²) in [5.74, 6) is 0.310. The number of rotatable bonds is 3. The van der Waals surface area contributed by atoms with Gasteiger partial charge in [-0.25, -0.2) is 0 Å². The summed E-state index contributed by atoms with van der Waals surface area (Å²) in [4.78, 5) is 7.15. The van der Waals surface area contributed by atoms with Crippen LogP contribution in [0.5, 0.6) is 0 Å². The van der Waals surface area contributed by atoms with Crippen molar-refractivity contribution in [2.24, 2.45) is 0 Å². The van der Waals surface area contributed by atoms with Gasteiger partial charge in [-0.1, -0.05) is 49.0 Å². The van der Waals surface area contributed by atoms with Gasteiger partial charge in [0.2, 0.25) is 0 Å². The molecule has 2 heterocycles. The van der Waals surface area contributed by atoms with Crippen LogP contribution in [0, 0.1) is 0 Å². The van der Waals surface area contributed by atoms with Gasteiger partial charge in [-0.3, -0.25) is 4.98 Å². The molecule has 1 aromatic heterocycles. The fourth-order valence-electron chi connectivity index (χ4n) is 3.14. The molecule has 1 aliphatic rings. The first-order valence-corrected chi connectivity index (χ1v) is 8.76. The van der Waals surface area contributed by atoms with Gasteiger partial charge in [0.15, 0.2) is 0 Å². The van der Waals surface area contributed by atoms with E-state index in [1.54, 1.807) is 0 Å². The van der Waals surface area contributed by atoms with Gasteiger partial charge in [0, 0.05) is 27.6 Å². The minimum absolute atomic E-state index is 0.310. The quantitative estimate of drug-likeness (QED) is 0.514. The Morgan fingerprint density at radius 1 is 0.957 bits per heavy atom. The van der Waals surface area contributed by atoms with E-state index in [1.165, 1.54) is 26.7 Å². The molecule has 2 nitrogen and oxygen atoms in total. The summed E-state index contributed by atoms with van der Waals surface area (Å²) in [6.45, 7) is 2.22. The number of para-hydroxylation sites is 2. The first kappa shape index (κ1) is 14.3. The molecule has 3 heteroatoms. The maximum Gasteiger partial charge on any atom is 0.0565 e. The highest BCUT2D eigenvalue weighted by atomic mass is 32.2. The van der Waals surface area contributed by atoms with Crippen molar-refractivity contribution in [3.05, 3.63) is 78.1 Å². The molecule has 23 heavy (non-hydrogen) atoms. The van der Waals surface area contributed by atoms with Crippen molar-refractivity contribution in [2.75, 3.05) is 5.32 Å². The Kier molecular flexibility index (Phi) is 3.80. The van der Waals surface area contributed by atoms with E-state index < -0.39 is 0 Å². The molecule has 0 aliphatic carbocycles. The average Bonchev–Trinajstić information content (AvgIpc) is 2.62. The van der Waals surface area contributed by atoms with Crippen LogP contribution < -0.4 is 5.32 Å². The molecule has 1 atom stereocenters. The molecule has 1 N–H and O–H groups in total. The predicted octanol–water partition coefficient (Wildman–Crippen LogP) is 5.83. The summed E-state index contributed by atoms with van der Waals surface area (Å²) in [7, 11) is 0. The fraction of sp³-hybridized carbons (Fsp3) is 0.150. The highest BCUT2D eigenvalue weighted by Gasteiger charge is 2.23. The van der Waals surface area contributed by atoms with E-state index in [2.05, 4.69) is 71.8 Å². The molecule has 0 bridgehead atoms. The maximum atomic E-state index is 4.58. The van der Waals surface area contributed by atoms with Gasteiger partial charge < -0.3 is 5.32 Å². The van der Waals surface area contributed by atoms with Gasteiger partial charge in [-0.15, -0.1) is 0 Å². The fourth-order valence-corrected chi connectivity index (χ4v) is 4.17. The highest BCUT2D eigenvalue weighted by Crippen LogP contribution is 2.47. The van der Waals surface area contributed by atoms with Crippen LogP contribution in [0.3, 0.4) is 0 Å². The van der Waals surface area contributed by atoms with E-state index in [9.17, 15) is 0 Å². The number of benzene rings is 2. The lowest BCUT2D eigenvalue weighted by molar-refractivity contribution is 0.749. The maximum absolute atomic E-state index is 4.58. The molecular formula is C20H18N2S. The average molecular weight is 318 g/mol. The molecule has 0 amide bonds. The summed E-state index contributed by atoms with van der Waals surface area (Å²) in [5.41, 5.74) is 4.88. The van der Waals surface area contributed by atoms with Crippen LogP contribution in [-0.4, -0.2) is 4.98 Å². The minimum atomic E-state index is 0.310. The van der Waals surface area contributed by atoms with E-state index in [4.69, 9.17) is 0 Å². The van der Waals surface area contributed by atoms with Crippen LogP contribution in [0.15, 0.2) is 76.7 Å². The molecular weight excluding hydrogens is 300 g/mol. The largest absolute Gasteiger partial charge is 0.353 e. The number of fused-ring (bicyclic) bond motifs is 2. The molecule has 2 aromatic carbocycles. The van der Waals surface area contributed by atoms with E-state index in [0.29, 0.717) is 5.92 Å². The van der Waals surface area contributed by atoms with Crippen molar-refractivity contribution in [1.29, 1.82) is 0 Å². The van der Waals surface area contributed by atoms with Crippen LogP contribution in [0.25, 0.3) is 0 Å². The van der Waals surface area contributed by atoms with Crippen molar-refractivity contribution in [1.82, 2.24) is 4.98 Å². The van der Waals surface area contributed by atoms with E-state index >= 15 is 0 Å². The van der Waals surface area contributed by atoms with Crippen LogP contribution in [-0.2, 0) is 0 Å². The van der Waals surface area contributed by atoms with Gasteiger partial charge >= 0.3 is 0 Å². The number of hydrogen-bond acceptors (Lipinski definition) is 3. The second-order valence-corrected chi connectivity index (χ2v) is 6.74. The van der Waals surface area contributed by atoms with Crippen LogP contribution in [0.4, 0.5) is 11.4 Å². The Labute approximate surface area is 141 Å². The Hall–Kier alpha value is -2.26. The van der Waals surface area contributed by atoms with Crippen molar-refractivity contribution in [3.63, 3.8) is 0 Å².